The summed E-state index contributed by atoms with van der Waals surface area (Å²) in [4.78, 5) is 46.7. The Morgan fingerprint density at radius 1 is 0.889 bits per heavy atom. The number of ether oxygens (including phenoxy) is 1. The average molecular weight is 484 g/mol. The minimum atomic E-state index is -0.975. The molecule has 3 heterocycles. The Morgan fingerprint density at radius 3 is 2.31 bits per heavy atom. The molecule has 0 spiro atoms. The second-order valence-corrected chi connectivity index (χ2v) is 8.58. The van der Waals surface area contributed by atoms with Crippen LogP contribution in [-0.2, 0) is 9.53 Å². The normalized spacial score (nSPS) is 14.5. The molecule has 5 rings (SSSR count). The highest BCUT2D eigenvalue weighted by molar-refractivity contribution is 6.05. The van der Waals surface area contributed by atoms with Gasteiger partial charge in [-0.25, -0.2) is 9.78 Å². The van der Waals surface area contributed by atoms with Gasteiger partial charge >= 0.3 is 5.97 Å². The first kappa shape index (κ1) is 23.3. The SMILES string of the molecule is CC(OC(=O)c1cc(-c2ccccc2)nc2ccccc12)C(=O)N1CCN(C(=O)c2ccco2)CC1. The quantitative estimate of drug-likeness (QED) is 0.398. The highest BCUT2D eigenvalue weighted by Crippen LogP contribution is 2.26. The standard InChI is InChI=1S/C28H25N3O5/c1-19(26(32)30-13-15-31(16-14-30)27(33)25-12-7-17-35-25)36-28(34)22-18-24(20-8-3-2-4-9-20)29-23-11-6-5-10-21(22)23/h2-12,17-19H,13-16H2,1H3. The molecule has 2 amide bonds. The molecule has 1 atom stereocenters. The molecule has 4 aromatic rings. The lowest BCUT2D eigenvalue weighted by atomic mass is 10.0. The predicted octanol–water partition coefficient (Wildman–Crippen LogP) is 4.02. The fourth-order valence-corrected chi connectivity index (χ4v) is 4.32. The van der Waals surface area contributed by atoms with Crippen LogP contribution >= 0.6 is 0 Å². The van der Waals surface area contributed by atoms with Crippen LogP contribution in [0.5, 0.6) is 0 Å². The van der Waals surface area contributed by atoms with E-state index in [1.165, 1.54) is 6.26 Å². The van der Waals surface area contributed by atoms with Crippen molar-refractivity contribution in [2.24, 2.45) is 0 Å². The molecule has 8 nitrogen and oxygen atoms in total. The molecule has 182 valence electrons. The van der Waals surface area contributed by atoms with Crippen molar-refractivity contribution in [1.82, 2.24) is 14.8 Å². The van der Waals surface area contributed by atoms with Crippen molar-refractivity contribution in [3.8, 4) is 11.3 Å². The van der Waals surface area contributed by atoms with Gasteiger partial charge in [-0.2, -0.15) is 0 Å². The minimum absolute atomic E-state index is 0.203. The van der Waals surface area contributed by atoms with Crippen LogP contribution in [-0.4, -0.2) is 64.9 Å². The highest BCUT2D eigenvalue weighted by Gasteiger charge is 2.30. The van der Waals surface area contributed by atoms with Crippen molar-refractivity contribution >= 4 is 28.7 Å². The number of fused-ring (bicyclic) bond motifs is 1. The van der Waals surface area contributed by atoms with Gasteiger partial charge in [0.15, 0.2) is 11.9 Å². The highest BCUT2D eigenvalue weighted by atomic mass is 16.5. The molecule has 0 aliphatic carbocycles. The number of para-hydroxylation sites is 1. The number of esters is 1. The topological polar surface area (TPSA) is 93.0 Å². The summed E-state index contributed by atoms with van der Waals surface area (Å²) in [6.45, 7) is 3.03. The first-order valence-corrected chi connectivity index (χ1v) is 11.8. The van der Waals surface area contributed by atoms with Crippen LogP contribution < -0.4 is 0 Å². The fourth-order valence-electron chi connectivity index (χ4n) is 4.32. The van der Waals surface area contributed by atoms with E-state index in [1.807, 2.05) is 54.6 Å². The number of benzene rings is 2. The summed E-state index contributed by atoms with van der Waals surface area (Å²) < 4.78 is 10.8. The lowest BCUT2D eigenvalue weighted by Crippen LogP contribution is -2.53. The number of pyridine rings is 1. The van der Waals surface area contributed by atoms with E-state index in [1.54, 1.807) is 34.9 Å². The van der Waals surface area contributed by atoms with E-state index >= 15 is 0 Å². The van der Waals surface area contributed by atoms with Crippen molar-refractivity contribution < 1.29 is 23.5 Å². The van der Waals surface area contributed by atoms with Crippen LogP contribution in [0, 0.1) is 0 Å². The summed E-state index contributed by atoms with van der Waals surface area (Å²) in [7, 11) is 0. The molecule has 0 saturated carbocycles. The van der Waals surface area contributed by atoms with Gasteiger partial charge in [-0.3, -0.25) is 9.59 Å². The van der Waals surface area contributed by atoms with E-state index < -0.39 is 12.1 Å². The van der Waals surface area contributed by atoms with E-state index in [-0.39, 0.29) is 17.6 Å². The number of carbonyl (C=O) groups excluding carboxylic acids is 3. The second kappa shape index (κ2) is 10.0. The zero-order chi connectivity index (χ0) is 25.1. The first-order valence-electron chi connectivity index (χ1n) is 11.8. The number of piperazine rings is 1. The van der Waals surface area contributed by atoms with Crippen LogP contribution in [0.1, 0.15) is 27.8 Å². The van der Waals surface area contributed by atoms with E-state index in [2.05, 4.69) is 0 Å². The van der Waals surface area contributed by atoms with E-state index in [9.17, 15) is 14.4 Å². The Bertz CT molecular complexity index is 1390. The van der Waals surface area contributed by atoms with E-state index in [0.29, 0.717) is 48.3 Å². The number of rotatable bonds is 5. The Kier molecular flexibility index (Phi) is 6.49. The summed E-state index contributed by atoms with van der Waals surface area (Å²) in [5.74, 6) is -0.810. The third kappa shape index (κ3) is 4.70. The number of hydrogen-bond donors (Lipinski definition) is 0. The van der Waals surface area contributed by atoms with Crippen LogP contribution in [0.25, 0.3) is 22.2 Å². The second-order valence-electron chi connectivity index (χ2n) is 8.58. The van der Waals surface area contributed by atoms with Gasteiger partial charge in [0.25, 0.3) is 11.8 Å². The Labute approximate surface area is 208 Å². The first-order chi connectivity index (χ1) is 17.5. The Morgan fingerprint density at radius 2 is 1.58 bits per heavy atom. The van der Waals surface area contributed by atoms with Gasteiger partial charge in [0.05, 0.1) is 23.0 Å². The van der Waals surface area contributed by atoms with Gasteiger partial charge in [-0.15, -0.1) is 0 Å². The van der Waals surface area contributed by atoms with Gasteiger partial charge < -0.3 is 19.0 Å². The van der Waals surface area contributed by atoms with Crippen LogP contribution in [0.3, 0.4) is 0 Å². The summed E-state index contributed by atoms with van der Waals surface area (Å²) in [6.07, 6.45) is 0.481. The molecule has 1 aliphatic heterocycles. The molecule has 1 saturated heterocycles. The molecule has 1 unspecified atom stereocenters. The summed E-state index contributed by atoms with van der Waals surface area (Å²) in [5.41, 5.74) is 2.55. The van der Waals surface area contributed by atoms with Crippen molar-refractivity contribution in [2.45, 2.75) is 13.0 Å². The minimum Gasteiger partial charge on any atom is -0.459 e. The zero-order valence-electron chi connectivity index (χ0n) is 19.8. The van der Waals surface area contributed by atoms with Gasteiger partial charge in [0.1, 0.15) is 0 Å². The van der Waals surface area contributed by atoms with Crippen molar-refractivity contribution in [1.29, 1.82) is 0 Å². The van der Waals surface area contributed by atoms with Crippen molar-refractivity contribution in [3.05, 3.63) is 90.4 Å². The lowest BCUT2D eigenvalue weighted by molar-refractivity contribution is -0.141. The maximum absolute atomic E-state index is 13.2. The Hall–Kier alpha value is -4.46. The van der Waals surface area contributed by atoms with E-state index in [4.69, 9.17) is 14.1 Å². The molecule has 1 aliphatic rings. The third-order valence-corrected chi connectivity index (χ3v) is 6.25. The summed E-state index contributed by atoms with van der Waals surface area (Å²) >= 11 is 0. The zero-order valence-corrected chi connectivity index (χ0v) is 19.8. The molecule has 36 heavy (non-hydrogen) atoms. The largest absolute Gasteiger partial charge is 0.459 e. The van der Waals surface area contributed by atoms with Gasteiger partial charge in [0.2, 0.25) is 0 Å². The molecule has 0 radical (unpaired) electrons. The summed E-state index contributed by atoms with van der Waals surface area (Å²) in [5, 5.41) is 0.659. The maximum Gasteiger partial charge on any atom is 0.339 e. The van der Waals surface area contributed by atoms with Gasteiger partial charge in [-0.05, 0) is 31.2 Å². The van der Waals surface area contributed by atoms with Crippen molar-refractivity contribution in [3.63, 3.8) is 0 Å². The van der Waals surface area contributed by atoms with Crippen LogP contribution in [0.4, 0.5) is 0 Å². The molecular weight excluding hydrogens is 458 g/mol. The Balaban J connectivity index is 1.28. The van der Waals surface area contributed by atoms with Crippen LogP contribution in [0.2, 0.25) is 0 Å². The number of amides is 2. The third-order valence-electron chi connectivity index (χ3n) is 6.25. The molecule has 0 bridgehead atoms. The summed E-state index contributed by atoms with van der Waals surface area (Å²) in [6, 6.07) is 21.9. The van der Waals surface area contributed by atoms with Crippen molar-refractivity contribution in [2.75, 3.05) is 26.2 Å². The molecule has 8 heteroatoms. The maximum atomic E-state index is 13.2. The van der Waals surface area contributed by atoms with Gasteiger partial charge in [-0.1, -0.05) is 48.5 Å². The number of hydrogen-bond acceptors (Lipinski definition) is 6. The number of nitrogens with zero attached hydrogens (tertiary/aromatic N) is 3. The number of carbonyl (C=O) groups is 3. The van der Waals surface area contributed by atoms with E-state index in [0.717, 1.165) is 5.56 Å². The molecule has 2 aromatic heterocycles. The lowest BCUT2D eigenvalue weighted by Gasteiger charge is -2.35. The van der Waals surface area contributed by atoms with Crippen LogP contribution in [0.15, 0.2) is 83.5 Å². The number of furan rings is 1. The monoisotopic (exact) mass is 483 g/mol. The fraction of sp³-hybridized carbons (Fsp3) is 0.214. The smallest absolute Gasteiger partial charge is 0.339 e. The number of aromatic nitrogens is 1. The molecular formula is C28H25N3O5. The average Bonchev–Trinajstić information content (AvgIpc) is 3.47. The molecule has 1 fully saturated rings. The molecule has 2 aromatic carbocycles. The predicted molar refractivity (Wildman–Crippen MR) is 133 cm³/mol. The van der Waals surface area contributed by atoms with Gasteiger partial charge in [0, 0.05) is 37.1 Å². The molecule has 0 N–H and O–H groups in total.